The second-order valence-electron chi connectivity index (χ2n) is 6.55. The Morgan fingerprint density at radius 1 is 1.32 bits per heavy atom. The van der Waals surface area contributed by atoms with Crippen molar-refractivity contribution in [2.24, 2.45) is 0 Å². The highest BCUT2D eigenvalue weighted by atomic mass is 16.6. The first-order valence-corrected chi connectivity index (χ1v) is 7.67. The van der Waals surface area contributed by atoms with Crippen LogP contribution in [0.3, 0.4) is 0 Å². The minimum Gasteiger partial charge on any atom is -0.444 e. The van der Waals surface area contributed by atoms with Crippen LogP contribution in [0.5, 0.6) is 0 Å². The number of rotatable bonds is 4. The molecule has 0 saturated carbocycles. The molecule has 1 amide bonds. The zero-order chi connectivity index (χ0) is 16.2. The second kappa shape index (κ2) is 7.11. The van der Waals surface area contributed by atoms with Crippen molar-refractivity contribution in [3.05, 3.63) is 35.9 Å². The van der Waals surface area contributed by atoms with Crippen LogP contribution in [-0.4, -0.2) is 47.0 Å². The molecule has 2 atom stereocenters. The average molecular weight is 307 g/mol. The Balaban J connectivity index is 1.93. The van der Waals surface area contributed by atoms with Crippen molar-refractivity contribution in [1.29, 1.82) is 0 Å². The number of hydrogen-bond acceptors (Lipinski definition) is 4. The van der Waals surface area contributed by atoms with Crippen molar-refractivity contribution in [1.82, 2.24) is 4.90 Å². The third-order valence-corrected chi connectivity index (χ3v) is 3.61. The van der Waals surface area contributed by atoms with Gasteiger partial charge in [0, 0.05) is 6.54 Å². The molecule has 1 saturated heterocycles. The van der Waals surface area contributed by atoms with Crippen LogP contribution in [-0.2, 0) is 16.1 Å². The maximum absolute atomic E-state index is 12.2. The number of aliphatic hydroxyl groups is 1. The molecule has 0 bridgehead atoms. The van der Waals surface area contributed by atoms with Gasteiger partial charge in [0.05, 0.1) is 25.4 Å². The maximum Gasteiger partial charge on any atom is 0.410 e. The molecule has 5 nitrogen and oxygen atoms in total. The van der Waals surface area contributed by atoms with E-state index in [0.717, 1.165) is 5.56 Å². The second-order valence-corrected chi connectivity index (χ2v) is 6.55. The molecule has 1 N–H and O–H groups in total. The van der Waals surface area contributed by atoms with E-state index in [2.05, 4.69) is 0 Å². The highest BCUT2D eigenvalue weighted by Crippen LogP contribution is 2.24. The molecular weight excluding hydrogens is 282 g/mol. The molecule has 0 unspecified atom stereocenters. The SMILES string of the molecule is CC(C)(C)OC(=O)N1CC[C@H](OCc2ccccc2)[C@@H]1CO. The Bertz CT molecular complexity index is 483. The van der Waals surface area contributed by atoms with Crippen molar-refractivity contribution in [2.75, 3.05) is 13.2 Å². The van der Waals surface area contributed by atoms with E-state index in [1.165, 1.54) is 0 Å². The number of amides is 1. The van der Waals surface area contributed by atoms with Crippen LogP contribution < -0.4 is 0 Å². The Morgan fingerprint density at radius 3 is 2.59 bits per heavy atom. The van der Waals surface area contributed by atoms with E-state index in [-0.39, 0.29) is 18.8 Å². The lowest BCUT2D eigenvalue weighted by Gasteiger charge is -2.29. The molecular formula is C17H25NO4. The number of hydrogen-bond donors (Lipinski definition) is 1. The van der Waals surface area contributed by atoms with E-state index < -0.39 is 11.7 Å². The molecule has 0 spiro atoms. The fraction of sp³-hybridized carbons (Fsp3) is 0.588. The van der Waals surface area contributed by atoms with Gasteiger partial charge in [0.25, 0.3) is 0 Å². The number of carbonyl (C=O) groups excluding carboxylic acids is 1. The number of likely N-dealkylation sites (tertiary alicyclic amines) is 1. The number of ether oxygens (including phenoxy) is 2. The Hall–Kier alpha value is -1.59. The fourth-order valence-corrected chi connectivity index (χ4v) is 2.56. The van der Waals surface area contributed by atoms with Crippen molar-refractivity contribution in [3.8, 4) is 0 Å². The van der Waals surface area contributed by atoms with Gasteiger partial charge in [-0.15, -0.1) is 0 Å². The summed E-state index contributed by atoms with van der Waals surface area (Å²) in [5.41, 5.74) is 0.537. The normalized spacial score (nSPS) is 21.9. The van der Waals surface area contributed by atoms with E-state index in [1.807, 2.05) is 51.1 Å². The van der Waals surface area contributed by atoms with Gasteiger partial charge >= 0.3 is 6.09 Å². The number of benzene rings is 1. The summed E-state index contributed by atoms with van der Waals surface area (Å²) in [7, 11) is 0. The molecule has 0 aliphatic carbocycles. The average Bonchev–Trinajstić information content (AvgIpc) is 2.87. The lowest BCUT2D eigenvalue weighted by molar-refractivity contribution is -0.0173. The van der Waals surface area contributed by atoms with Crippen molar-refractivity contribution in [2.45, 2.75) is 51.5 Å². The van der Waals surface area contributed by atoms with E-state index >= 15 is 0 Å². The fourth-order valence-electron chi connectivity index (χ4n) is 2.56. The number of nitrogens with zero attached hydrogens (tertiary/aromatic N) is 1. The van der Waals surface area contributed by atoms with Gasteiger partial charge in [0.15, 0.2) is 0 Å². The monoisotopic (exact) mass is 307 g/mol. The topological polar surface area (TPSA) is 59.0 Å². The summed E-state index contributed by atoms with van der Waals surface area (Å²) in [5.74, 6) is 0. The molecule has 5 heteroatoms. The first kappa shape index (κ1) is 16.8. The molecule has 0 aromatic heterocycles. The Labute approximate surface area is 131 Å². The molecule has 1 heterocycles. The molecule has 2 rings (SSSR count). The van der Waals surface area contributed by atoms with Gasteiger partial charge in [-0.2, -0.15) is 0 Å². The largest absolute Gasteiger partial charge is 0.444 e. The van der Waals surface area contributed by atoms with Crippen LogP contribution in [0, 0.1) is 0 Å². The predicted molar refractivity (Wildman–Crippen MR) is 83.4 cm³/mol. The third kappa shape index (κ3) is 4.45. The van der Waals surface area contributed by atoms with Crippen LogP contribution in [0.15, 0.2) is 30.3 Å². The molecule has 1 fully saturated rings. The number of carbonyl (C=O) groups is 1. The van der Waals surface area contributed by atoms with Gasteiger partial charge in [-0.3, -0.25) is 0 Å². The predicted octanol–water partition coefficient (Wildman–Crippen LogP) is 2.57. The Morgan fingerprint density at radius 2 is 2.00 bits per heavy atom. The molecule has 1 aliphatic rings. The van der Waals surface area contributed by atoms with E-state index in [0.29, 0.717) is 19.6 Å². The first-order valence-electron chi connectivity index (χ1n) is 7.67. The number of aliphatic hydroxyl groups excluding tert-OH is 1. The Kier molecular flexibility index (Phi) is 5.42. The smallest absolute Gasteiger partial charge is 0.410 e. The van der Waals surface area contributed by atoms with E-state index in [9.17, 15) is 9.90 Å². The minimum absolute atomic E-state index is 0.126. The van der Waals surface area contributed by atoms with Gasteiger partial charge in [0.1, 0.15) is 5.60 Å². The van der Waals surface area contributed by atoms with Crippen molar-refractivity contribution in [3.63, 3.8) is 0 Å². The van der Waals surface area contributed by atoms with Crippen LogP contribution >= 0.6 is 0 Å². The molecule has 122 valence electrons. The highest BCUT2D eigenvalue weighted by Gasteiger charge is 2.39. The quantitative estimate of drug-likeness (QED) is 0.929. The summed E-state index contributed by atoms with van der Waals surface area (Å²) < 4.78 is 11.3. The van der Waals surface area contributed by atoms with Crippen LogP contribution in [0.2, 0.25) is 0 Å². The molecule has 1 aromatic carbocycles. The lowest BCUT2D eigenvalue weighted by atomic mass is 10.1. The van der Waals surface area contributed by atoms with Crippen molar-refractivity contribution < 1.29 is 19.4 Å². The molecule has 22 heavy (non-hydrogen) atoms. The zero-order valence-electron chi connectivity index (χ0n) is 13.5. The summed E-state index contributed by atoms with van der Waals surface area (Å²) in [6, 6.07) is 9.52. The minimum atomic E-state index is -0.542. The summed E-state index contributed by atoms with van der Waals surface area (Å²) in [6.07, 6.45) is 0.146. The van der Waals surface area contributed by atoms with Gasteiger partial charge in [0.2, 0.25) is 0 Å². The zero-order valence-corrected chi connectivity index (χ0v) is 13.5. The van der Waals surface area contributed by atoms with E-state index in [4.69, 9.17) is 9.47 Å². The van der Waals surface area contributed by atoms with Gasteiger partial charge < -0.3 is 19.5 Å². The highest BCUT2D eigenvalue weighted by molar-refractivity contribution is 5.69. The first-order chi connectivity index (χ1) is 10.4. The summed E-state index contributed by atoms with van der Waals surface area (Å²) >= 11 is 0. The van der Waals surface area contributed by atoms with E-state index in [1.54, 1.807) is 4.90 Å². The summed E-state index contributed by atoms with van der Waals surface area (Å²) in [5, 5.41) is 9.62. The molecule has 1 aromatic rings. The lowest BCUT2D eigenvalue weighted by Crippen LogP contribution is -2.45. The summed E-state index contributed by atoms with van der Waals surface area (Å²) in [6.45, 7) is 6.39. The van der Waals surface area contributed by atoms with Gasteiger partial charge in [-0.25, -0.2) is 4.79 Å². The summed E-state index contributed by atoms with van der Waals surface area (Å²) in [4.78, 5) is 13.8. The van der Waals surface area contributed by atoms with Gasteiger partial charge in [-0.05, 0) is 32.8 Å². The molecule has 1 aliphatic heterocycles. The van der Waals surface area contributed by atoms with Gasteiger partial charge in [-0.1, -0.05) is 30.3 Å². The standard InChI is InChI=1S/C17H25NO4/c1-17(2,3)22-16(20)18-10-9-15(14(18)11-19)21-12-13-7-5-4-6-8-13/h4-8,14-15,19H,9-12H2,1-3H3/t14-,15-/m0/s1. The third-order valence-electron chi connectivity index (χ3n) is 3.61. The van der Waals surface area contributed by atoms with Crippen LogP contribution in [0.1, 0.15) is 32.8 Å². The maximum atomic E-state index is 12.2. The van der Waals surface area contributed by atoms with Crippen molar-refractivity contribution >= 4 is 6.09 Å². The molecule has 0 radical (unpaired) electrons. The van der Waals surface area contributed by atoms with Crippen LogP contribution in [0.25, 0.3) is 0 Å². The van der Waals surface area contributed by atoms with Crippen LogP contribution in [0.4, 0.5) is 4.79 Å².